The molecule has 0 aromatic heterocycles. The fourth-order valence-electron chi connectivity index (χ4n) is 3.81. The van der Waals surface area contributed by atoms with Crippen LogP contribution in [0.15, 0.2) is 60.7 Å². The minimum absolute atomic E-state index is 0.00208. The van der Waals surface area contributed by atoms with E-state index in [4.69, 9.17) is 0 Å². The monoisotopic (exact) mass is 364 g/mol. The van der Waals surface area contributed by atoms with Gasteiger partial charge in [-0.15, -0.1) is 0 Å². The minimum Gasteiger partial charge on any atom is -0.349 e. The van der Waals surface area contributed by atoms with E-state index >= 15 is 0 Å². The number of anilines is 1. The first-order valence-electron chi connectivity index (χ1n) is 9.74. The summed E-state index contributed by atoms with van der Waals surface area (Å²) in [6.45, 7) is 2.01. The second kappa shape index (κ2) is 8.85. The quantitative estimate of drug-likeness (QED) is 0.858. The second-order valence-electron chi connectivity index (χ2n) is 7.42. The molecule has 27 heavy (non-hydrogen) atoms. The molecule has 142 valence electrons. The van der Waals surface area contributed by atoms with Crippen LogP contribution in [-0.2, 0) is 9.59 Å². The Labute approximate surface area is 161 Å². The summed E-state index contributed by atoms with van der Waals surface area (Å²) >= 11 is 0. The Hall–Kier alpha value is -2.62. The van der Waals surface area contributed by atoms with Crippen molar-refractivity contribution in [3.63, 3.8) is 0 Å². The van der Waals surface area contributed by atoms with E-state index in [1.165, 1.54) is 0 Å². The molecule has 1 aliphatic rings. The molecule has 1 N–H and O–H groups in total. The smallest absolute Gasteiger partial charge is 0.229 e. The fraction of sp³-hybridized carbons (Fsp3) is 0.391. The summed E-state index contributed by atoms with van der Waals surface area (Å²) in [5.41, 5.74) is 2.03. The topological polar surface area (TPSA) is 49.4 Å². The number of nitrogens with zero attached hydrogens (tertiary/aromatic N) is 1. The lowest BCUT2D eigenvalue weighted by Gasteiger charge is -2.30. The molecule has 0 radical (unpaired) electrons. The van der Waals surface area contributed by atoms with Gasteiger partial charge in [0, 0.05) is 24.6 Å². The van der Waals surface area contributed by atoms with Crippen LogP contribution in [0.2, 0.25) is 0 Å². The zero-order valence-electron chi connectivity index (χ0n) is 16.1. The number of hydrogen-bond donors (Lipinski definition) is 1. The first-order chi connectivity index (χ1) is 13.1. The van der Waals surface area contributed by atoms with Gasteiger partial charge in [0.05, 0.1) is 6.04 Å². The average Bonchev–Trinajstić information content (AvgIpc) is 2.74. The molecule has 0 spiro atoms. The lowest BCUT2D eigenvalue weighted by atomic mass is 9.80. The van der Waals surface area contributed by atoms with E-state index < -0.39 is 0 Å². The Morgan fingerprint density at radius 2 is 1.41 bits per heavy atom. The highest BCUT2D eigenvalue weighted by atomic mass is 16.2. The van der Waals surface area contributed by atoms with E-state index in [1.807, 2.05) is 74.6 Å². The highest BCUT2D eigenvalue weighted by molar-refractivity contribution is 5.94. The molecule has 4 nitrogen and oxygen atoms in total. The summed E-state index contributed by atoms with van der Waals surface area (Å²) in [6, 6.07) is 19.7. The van der Waals surface area contributed by atoms with Gasteiger partial charge in [0.1, 0.15) is 0 Å². The van der Waals surface area contributed by atoms with Gasteiger partial charge in [-0.1, -0.05) is 48.5 Å². The average molecular weight is 364 g/mol. The van der Waals surface area contributed by atoms with Crippen LogP contribution in [0.25, 0.3) is 0 Å². The molecular formula is C23H28N2O2. The van der Waals surface area contributed by atoms with Crippen LogP contribution in [0.1, 0.15) is 44.2 Å². The number of amides is 2. The summed E-state index contributed by atoms with van der Waals surface area (Å²) in [5.74, 6) is 0.263. The fourth-order valence-corrected chi connectivity index (χ4v) is 3.81. The van der Waals surface area contributed by atoms with Crippen molar-refractivity contribution in [2.45, 2.75) is 38.6 Å². The van der Waals surface area contributed by atoms with Gasteiger partial charge < -0.3 is 10.2 Å². The Bertz CT molecular complexity index is 752. The number of para-hydroxylation sites is 1. The third kappa shape index (κ3) is 4.76. The number of rotatable bonds is 5. The van der Waals surface area contributed by atoms with Crippen LogP contribution in [0, 0.1) is 11.8 Å². The molecule has 4 heteroatoms. The van der Waals surface area contributed by atoms with Crippen LogP contribution < -0.4 is 10.2 Å². The molecule has 2 amide bonds. The maximum atomic E-state index is 12.8. The van der Waals surface area contributed by atoms with Crippen molar-refractivity contribution in [2.24, 2.45) is 11.8 Å². The standard InChI is InChI=1S/C23H28N2O2/c1-17(18-9-5-3-6-10-18)24-22(26)19-13-15-20(16-14-19)23(27)25(2)21-11-7-4-8-12-21/h3-12,17,19-20H,13-16H2,1-2H3,(H,24,26). The molecule has 2 aromatic rings. The minimum atomic E-state index is 0.00208. The van der Waals surface area contributed by atoms with Crippen LogP contribution in [0.4, 0.5) is 5.69 Å². The van der Waals surface area contributed by atoms with Gasteiger partial charge in [0.25, 0.3) is 0 Å². The lowest BCUT2D eigenvalue weighted by Crippen LogP contribution is -2.39. The van der Waals surface area contributed by atoms with Gasteiger partial charge in [-0.2, -0.15) is 0 Å². The van der Waals surface area contributed by atoms with Gasteiger partial charge in [0.15, 0.2) is 0 Å². The van der Waals surface area contributed by atoms with E-state index in [9.17, 15) is 9.59 Å². The number of nitrogens with one attached hydrogen (secondary N) is 1. The maximum absolute atomic E-state index is 12.8. The Balaban J connectivity index is 1.51. The third-order valence-electron chi connectivity index (χ3n) is 5.58. The van der Waals surface area contributed by atoms with E-state index in [-0.39, 0.29) is 29.7 Å². The zero-order valence-corrected chi connectivity index (χ0v) is 16.1. The summed E-state index contributed by atoms with van der Waals surface area (Å²) < 4.78 is 0. The van der Waals surface area contributed by atoms with Crippen molar-refractivity contribution < 1.29 is 9.59 Å². The molecule has 1 unspecified atom stereocenters. The normalized spacial score (nSPS) is 20.5. The summed E-state index contributed by atoms with van der Waals surface area (Å²) in [6.07, 6.45) is 3.08. The van der Waals surface area contributed by atoms with Gasteiger partial charge in [-0.3, -0.25) is 9.59 Å². The van der Waals surface area contributed by atoms with Gasteiger partial charge in [0.2, 0.25) is 11.8 Å². The molecular weight excluding hydrogens is 336 g/mol. The molecule has 1 fully saturated rings. The van der Waals surface area contributed by atoms with Crippen LogP contribution in [0.3, 0.4) is 0 Å². The predicted octanol–water partition coefficient (Wildman–Crippen LogP) is 4.33. The van der Waals surface area contributed by atoms with E-state index in [0.29, 0.717) is 0 Å². The highest BCUT2D eigenvalue weighted by Crippen LogP contribution is 2.31. The molecule has 0 aliphatic heterocycles. The van der Waals surface area contributed by atoms with Crippen LogP contribution >= 0.6 is 0 Å². The summed E-state index contributed by atoms with van der Waals surface area (Å²) in [5, 5.41) is 3.12. The van der Waals surface area contributed by atoms with Crippen molar-refractivity contribution in [3.8, 4) is 0 Å². The van der Waals surface area contributed by atoms with E-state index in [0.717, 1.165) is 36.9 Å². The van der Waals surface area contributed by atoms with Gasteiger partial charge in [-0.05, 0) is 50.3 Å². The Kier molecular flexibility index (Phi) is 6.28. The number of carbonyl (C=O) groups is 2. The van der Waals surface area contributed by atoms with Gasteiger partial charge in [-0.25, -0.2) is 0 Å². The predicted molar refractivity (Wildman–Crippen MR) is 108 cm³/mol. The molecule has 1 aliphatic carbocycles. The lowest BCUT2D eigenvalue weighted by molar-refractivity contribution is -0.129. The SMILES string of the molecule is CC(NC(=O)C1CCC(C(=O)N(C)c2ccccc2)CC1)c1ccccc1. The third-order valence-corrected chi connectivity index (χ3v) is 5.58. The van der Waals surface area contributed by atoms with Crippen molar-refractivity contribution in [2.75, 3.05) is 11.9 Å². The summed E-state index contributed by atoms with van der Waals surface area (Å²) in [7, 11) is 1.83. The van der Waals surface area contributed by atoms with Gasteiger partial charge >= 0.3 is 0 Å². The number of carbonyl (C=O) groups excluding carboxylic acids is 2. The van der Waals surface area contributed by atoms with Crippen molar-refractivity contribution in [1.29, 1.82) is 0 Å². The molecule has 0 saturated heterocycles. The maximum Gasteiger partial charge on any atom is 0.229 e. The molecule has 2 aromatic carbocycles. The molecule has 1 saturated carbocycles. The highest BCUT2D eigenvalue weighted by Gasteiger charge is 2.32. The first kappa shape index (κ1) is 19.2. The first-order valence-corrected chi connectivity index (χ1v) is 9.74. The Morgan fingerprint density at radius 3 is 2.00 bits per heavy atom. The largest absolute Gasteiger partial charge is 0.349 e. The molecule has 3 rings (SSSR count). The Morgan fingerprint density at radius 1 is 0.889 bits per heavy atom. The molecule has 0 heterocycles. The number of benzene rings is 2. The van der Waals surface area contributed by atoms with Crippen molar-refractivity contribution >= 4 is 17.5 Å². The van der Waals surface area contributed by atoms with Crippen molar-refractivity contribution in [3.05, 3.63) is 66.2 Å². The van der Waals surface area contributed by atoms with Crippen LogP contribution in [0.5, 0.6) is 0 Å². The number of hydrogen-bond acceptors (Lipinski definition) is 2. The van der Waals surface area contributed by atoms with E-state index in [2.05, 4.69) is 5.32 Å². The van der Waals surface area contributed by atoms with Crippen molar-refractivity contribution in [1.82, 2.24) is 5.32 Å². The second-order valence-corrected chi connectivity index (χ2v) is 7.42. The zero-order chi connectivity index (χ0) is 19.2. The summed E-state index contributed by atoms with van der Waals surface area (Å²) in [4.78, 5) is 27.1. The van der Waals surface area contributed by atoms with E-state index in [1.54, 1.807) is 4.90 Å². The van der Waals surface area contributed by atoms with Crippen LogP contribution in [-0.4, -0.2) is 18.9 Å². The molecule has 1 atom stereocenters. The molecule has 0 bridgehead atoms.